The van der Waals surface area contributed by atoms with E-state index in [0.29, 0.717) is 24.9 Å². The summed E-state index contributed by atoms with van der Waals surface area (Å²) in [5, 5.41) is 5.45. The highest BCUT2D eigenvalue weighted by molar-refractivity contribution is 5.90. The van der Waals surface area contributed by atoms with Gasteiger partial charge in [-0.1, -0.05) is 42.5 Å². The molecule has 1 heterocycles. The molecule has 0 bridgehead atoms. The number of amides is 2. The fourth-order valence-corrected chi connectivity index (χ4v) is 2.71. The molecule has 0 aliphatic carbocycles. The summed E-state index contributed by atoms with van der Waals surface area (Å²) < 4.78 is 5.82. The Morgan fingerprint density at radius 3 is 2.33 bits per heavy atom. The number of carbonyl (C=O) groups excluding carboxylic acids is 2. The fraction of sp³-hybridized carbons (Fsp3) is 0.182. The molecule has 5 nitrogen and oxygen atoms in total. The summed E-state index contributed by atoms with van der Waals surface area (Å²) in [6.07, 6.45) is 1.20. The topological polar surface area (TPSA) is 71.3 Å². The lowest BCUT2D eigenvalue weighted by molar-refractivity contribution is -0.120. The van der Waals surface area contributed by atoms with Crippen molar-refractivity contribution < 1.29 is 14.0 Å². The number of carbonyl (C=O) groups is 2. The number of likely N-dealkylation sites (N-methyl/N-ethyl adjacent to an activating group) is 1. The molecule has 0 saturated heterocycles. The monoisotopic (exact) mass is 362 g/mol. The van der Waals surface area contributed by atoms with Crippen molar-refractivity contribution in [2.75, 3.05) is 12.4 Å². The molecule has 3 rings (SSSR count). The molecule has 3 aromatic rings. The summed E-state index contributed by atoms with van der Waals surface area (Å²) in [7, 11) is 1.61. The predicted molar refractivity (Wildman–Crippen MR) is 105 cm³/mol. The molecule has 2 N–H and O–H groups in total. The van der Waals surface area contributed by atoms with Gasteiger partial charge in [-0.3, -0.25) is 9.59 Å². The van der Waals surface area contributed by atoms with Gasteiger partial charge < -0.3 is 15.1 Å². The fourth-order valence-electron chi connectivity index (χ4n) is 2.71. The normalized spacial score (nSPS) is 10.4. The molecule has 2 amide bonds. The van der Waals surface area contributed by atoms with E-state index in [1.165, 1.54) is 0 Å². The maximum absolute atomic E-state index is 12.2. The Bertz CT molecular complexity index is 899. The quantitative estimate of drug-likeness (QED) is 0.671. The smallest absolute Gasteiger partial charge is 0.224 e. The van der Waals surface area contributed by atoms with Crippen molar-refractivity contribution in [1.29, 1.82) is 0 Å². The Kier molecular flexibility index (Phi) is 6.05. The third kappa shape index (κ3) is 5.31. The lowest BCUT2D eigenvalue weighted by Gasteiger charge is -2.06. The van der Waals surface area contributed by atoms with Gasteiger partial charge in [0.1, 0.15) is 11.5 Å². The molecule has 0 atom stereocenters. The maximum Gasteiger partial charge on any atom is 0.224 e. The lowest BCUT2D eigenvalue weighted by Crippen LogP contribution is -2.19. The summed E-state index contributed by atoms with van der Waals surface area (Å²) in [6, 6.07) is 21.0. The molecule has 0 radical (unpaired) electrons. The van der Waals surface area contributed by atoms with Crippen LogP contribution in [0.3, 0.4) is 0 Å². The van der Waals surface area contributed by atoms with Crippen LogP contribution in [-0.2, 0) is 22.4 Å². The Hall–Kier alpha value is -3.34. The van der Waals surface area contributed by atoms with Gasteiger partial charge in [-0.05, 0) is 29.8 Å². The van der Waals surface area contributed by atoms with E-state index in [-0.39, 0.29) is 11.8 Å². The Balaban J connectivity index is 1.50. The number of anilines is 1. The maximum atomic E-state index is 12.2. The molecule has 1 aromatic heterocycles. The highest BCUT2D eigenvalue weighted by Crippen LogP contribution is 2.22. The van der Waals surface area contributed by atoms with Crippen molar-refractivity contribution in [1.82, 2.24) is 5.32 Å². The molecule has 0 aliphatic rings. The second-order valence-electron chi connectivity index (χ2n) is 6.23. The van der Waals surface area contributed by atoms with Crippen LogP contribution in [0, 0.1) is 0 Å². The highest BCUT2D eigenvalue weighted by Gasteiger charge is 2.08. The SMILES string of the molecule is CNC(=O)Cc1ccc(NC(=O)CCc2ccc(-c3ccccc3)o2)cc1. The zero-order valence-electron chi connectivity index (χ0n) is 15.2. The molecular weight excluding hydrogens is 340 g/mol. The second-order valence-corrected chi connectivity index (χ2v) is 6.23. The zero-order valence-corrected chi connectivity index (χ0v) is 15.2. The predicted octanol–water partition coefficient (Wildman–Crippen LogP) is 3.81. The van der Waals surface area contributed by atoms with E-state index >= 15 is 0 Å². The average molecular weight is 362 g/mol. The van der Waals surface area contributed by atoms with Crippen LogP contribution in [0.5, 0.6) is 0 Å². The third-order valence-electron chi connectivity index (χ3n) is 4.20. The van der Waals surface area contributed by atoms with Crippen LogP contribution in [-0.4, -0.2) is 18.9 Å². The standard InChI is InChI=1S/C22H22N2O3/c1-23-22(26)15-16-7-9-18(10-8-16)24-21(25)14-12-19-11-13-20(27-19)17-5-3-2-4-6-17/h2-11,13H,12,14-15H2,1H3,(H,23,26)(H,24,25). The Morgan fingerprint density at radius 1 is 0.889 bits per heavy atom. The van der Waals surface area contributed by atoms with Crippen LogP contribution >= 0.6 is 0 Å². The van der Waals surface area contributed by atoms with Gasteiger partial charge in [0.25, 0.3) is 0 Å². The molecule has 0 fully saturated rings. The van der Waals surface area contributed by atoms with E-state index < -0.39 is 0 Å². The summed E-state index contributed by atoms with van der Waals surface area (Å²) in [5.74, 6) is 1.47. The second kappa shape index (κ2) is 8.85. The van der Waals surface area contributed by atoms with Crippen molar-refractivity contribution in [2.45, 2.75) is 19.3 Å². The Morgan fingerprint density at radius 2 is 1.63 bits per heavy atom. The number of nitrogens with one attached hydrogen (secondary N) is 2. The minimum absolute atomic E-state index is 0.0416. The van der Waals surface area contributed by atoms with Crippen molar-refractivity contribution in [3.05, 3.63) is 78.1 Å². The zero-order chi connectivity index (χ0) is 19.1. The van der Waals surface area contributed by atoms with Gasteiger partial charge in [0.2, 0.25) is 11.8 Å². The first-order chi connectivity index (χ1) is 13.1. The van der Waals surface area contributed by atoms with Crippen molar-refractivity contribution in [3.63, 3.8) is 0 Å². The van der Waals surface area contributed by atoms with Crippen LogP contribution < -0.4 is 10.6 Å². The number of benzene rings is 2. The molecule has 138 valence electrons. The van der Waals surface area contributed by atoms with Gasteiger partial charge in [-0.2, -0.15) is 0 Å². The largest absolute Gasteiger partial charge is 0.461 e. The molecule has 27 heavy (non-hydrogen) atoms. The average Bonchev–Trinajstić information content (AvgIpc) is 3.17. The molecule has 5 heteroatoms. The van der Waals surface area contributed by atoms with Crippen molar-refractivity contribution >= 4 is 17.5 Å². The van der Waals surface area contributed by atoms with E-state index in [1.807, 2.05) is 54.6 Å². The van der Waals surface area contributed by atoms with Gasteiger partial charge in [-0.25, -0.2) is 0 Å². The first-order valence-electron chi connectivity index (χ1n) is 8.87. The van der Waals surface area contributed by atoms with E-state index in [1.54, 1.807) is 19.2 Å². The van der Waals surface area contributed by atoms with E-state index in [9.17, 15) is 9.59 Å². The summed E-state index contributed by atoms with van der Waals surface area (Å²) >= 11 is 0. The summed E-state index contributed by atoms with van der Waals surface area (Å²) in [6.45, 7) is 0. The molecule has 0 spiro atoms. The van der Waals surface area contributed by atoms with Gasteiger partial charge in [0.05, 0.1) is 6.42 Å². The van der Waals surface area contributed by atoms with Crippen LogP contribution in [0.15, 0.2) is 71.1 Å². The first-order valence-corrected chi connectivity index (χ1v) is 8.87. The lowest BCUT2D eigenvalue weighted by atomic mass is 10.1. The van der Waals surface area contributed by atoms with E-state index in [2.05, 4.69) is 10.6 Å². The van der Waals surface area contributed by atoms with Crippen LogP contribution in [0.2, 0.25) is 0 Å². The van der Waals surface area contributed by atoms with E-state index in [0.717, 1.165) is 22.6 Å². The third-order valence-corrected chi connectivity index (χ3v) is 4.20. The molecular formula is C22H22N2O3. The summed E-state index contributed by atoms with van der Waals surface area (Å²) in [5.41, 5.74) is 2.63. The number of hydrogen-bond acceptors (Lipinski definition) is 3. The summed E-state index contributed by atoms with van der Waals surface area (Å²) in [4.78, 5) is 23.5. The molecule has 2 aromatic carbocycles. The molecule has 0 saturated carbocycles. The van der Waals surface area contributed by atoms with Crippen LogP contribution in [0.25, 0.3) is 11.3 Å². The van der Waals surface area contributed by atoms with Gasteiger partial charge in [0, 0.05) is 31.1 Å². The van der Waals surface area contributed by atoms with Crippen LogP contribution in [0.4, 0.5) is 5.69 Å². The Labute approximate surface area is 158 Å². The van der Waals surface area contributed by atoms with Crippen molar-refractivity contribution in [3.8, 4) is 11.3 Å². The number of furan rings is 1. The van der Waals surface area contributed by atoms with Crippen molar-refractivity contribution in [2.24, 2.45) is 0 Å². The molecule has 0 aliphatic heterocycles. The number of aryl methyl sites for hydroxylation is 1. The molecule has 0 unspecified atom stereocenters. The van der Waals surface area contributed by atoms with Gasteiger partial charge in [0.15, 0.2) is 0 Å². The van der Waals surface area contributed by atoms with Gasteiger partial charge >= 0.3 is 0 Å². The minimum Gasteiger partial charge on any atom is -0.461 e. The minimum atomic E-state index is -0.0771. The van der Waals surface area contributed by atoms with Gasteiger partial charge in [-0.15, -0.1) is 0 Å². The van der Waals surface area contributed by atoms with Crippen LogP contribution in [0.1, 0.15) is 17.7 Å². The first kappa shape index (κ1) is 18.5. The number of hydrogen-bond donors (Lipinski definition) is 2. The number of rotatable bonds is 7. The van der Waals surface area contributed by atoms with E-state index in [4.69, 9.17) is 4.42 Å². The highest BCUT2D eigenvalue weighted by atomic mass is 16.3.